The lowest BCUT2D eigenvalue weighted by Gasteiger charge is -2.22. The number of fused-ring (bicyclic) bond motifs is 1. The highest BCUT2D eigenvalue weighted by atomic mass is 35.5. The molecule has 6 nitrogen and oxygen atoms in total. The van der Waals surface area contributed by atoms with E-state index in [1.54, 1.807) is 30.3 Å². The number of aryl methyl sites for hydroxylation is 2. The number of rotatable bonds is 5. The molecule has 1 heterocycles. The van der Waals surface area contributed by atoms with E-state index in [9.17, 15) is 14.4 Å². The number of hydrogen-bond donors (Lipinski definition) is 2. The number of halogens is 1. The highest BCUT2D eigenvalue weighted by molar-refractivity contribution is 6.31. The first-order valence-electron chi connectivity index (χ1n) is 9.15. The molecular formula is C21H22ClN3O3. The number of hydrogen-bond acceptors (Lipinski definition) is 3. The molecule has 0 spiro atoms. The van der Waals surface area contributed by atoms with Crippen LogP contribution >= 0.6 is 11.6 Å². The summed E-state index contributed by atoms with van der Waals surface area (Å²) in [6.45, 7) is 4.04. The molecule has 0 aliphatic carbocycles. The molecule has 0 saturated heterocycles. The van der Waals surface area contributed by atoms with Gasteiger partial charge < -0.3 is 15.5 Å². The molecule has 0 radical (unpaired) electrons. The molecule has 146 valence electrons. The average Bonchev–Trinajstić information content (AvgIpc) is 2.68. The van der Waals surface area contributed by atoms with E-state index >= 15 is 0 Å². The molecule has 0 bridgehead atoms. The van der Waals surface area contributed by atoms with Crippen LogP contribution in [0.25, 0.3) is 0 Å². The molecule has 3 rings (SSSR count). The summed E-state index contributed by atoms with van der Waals surface area (Å²) < 4.78 is 0. The van der Waals surface area contributed by atoms with Crippen LogP contribution in [0.3, 0.4) is 0 Å². The van der Waals surface area contributed by atoms with Gasteiger partial charge in [-0.2, -0.15) is 0 Å². The molecule has 2 N–H and O–H groups in total. The molecule has 0 unspecified atom stereocenters. The summed E-state index contributed by atoms with van der Waals surface area (Å²) in [6.07, 6.45) is 1.01. The van der Waals surface area contributed by atoms with Gasteiger partial charge in [-0.05, 0) is 61.7 Å². The number of carbonyl (C=O) groups excluding carboxylic acids is 3. The zero-order valence-corrected chi connectivity index (χ0v) is 16.6. The maximum absolute atomic E-state index is 12.9. The molecule has 1 aliphatic heterocycles. The Hall–Kier alpha value is -2.86. The van der Waals surface area contributed by atoms with Gasteiger partial charge in [0.1, 0.15) is 6.54 Å². The minimum absolute atomic E-state index is 0.0188. The number of amides is 3. The second-order valence-corrected chi connectivity index (χ2v) is 7.18. The van der Waals surface area contributed by atoms with Gasteiger partial charge in [-0.15, -0.1) is 0 Å². The molecule has 0 aromatic heterocycles. The molecular weight excluding hydrogens is 378 g/mol. The standard InChI is InChI=1S/C21H22ClN3O3/c1-3-25(12-20(27)24-18-11-16(22)7-4-13(18)2)21(28)15-5-8-17-14(10-15)6-9-19(26)23-17/h4-5,7-8,10-11H,3,6,9,12H2,1-2H3,(H,23,26)(H,24,27). The second-order valence-electron chi connectivity index (χ2n) is 6.75. The Morgan fingerprint density at radius 1 is 1.18 bits per heavy atom. The van der Waals surface area contributed by atoms with Gasteiger partial charge in [-0.25, -0.2) is 0 Å². The van der Waals surface area contributed by atoms with Crippen LogP contribution in [0, 0.1) is 6.92 Å². The fourth-order valence-electron chi connectivity index (χ4n) is 3.12. The Balaban J connectivity index is 1.70. The van der Waals surface area contributed by atoms with Gasteiger partial charge in [-0.3, -0.25) is 14.4 Å². The summed E-state index contributed by atoms with van der Waals surface area (Å²) in [4.78, 5) is 38.3. The van der Waals surface area contributed by atoms with E-state index in [4.69, 9.17) is 11.6 Å². The van der Waals surface area contributed by atoms with Gasteiger partial charge in [0.05, 0.1) is 0 Å². The number of carbonyl (C=O) groups is 3. The van der Waals surface area contributed by atoms with Crippen LogP contribution in [0.2, 0.25) is 5.02 Å². The van der Waals surface area contributed by atoms with E-state index in [0.717, 1.165) is 16.8 Å². The van der Waals surface area contributed by atoms with E-state index in [2.05, 4.69) is 10.6 Å². The molecule has 28 heavy (non-hydrogen) atoms. The molecule has 0 saturated carbocycles. The summed E-state index contributed by atoms with van der Waals surface area (Å²) in [5, 5.41) is 6.14. The van der Waals surface area contributed by atoms with Crippen molar-refractivity contribution in [2.45, 2.75) is 26.7 Å². The zero-order chi connectivity index (χ0) is 20.3. The van der Waals surface area contributed by atoms with Crippen molar-refractivity contribution in [3.05, 3.63) is 58.1 Å². The predicted octanol–water partition coefficient (Wildman–Crippen LogP) is 3.63. The van der Waals surface area contributed by atoms with Crippen molar-refractivity contribution in [3.63, 3.8) is 0 Å². The molecule has 2 aromatic rings. The Kier molecular flexibility index (Phi) is 5.99. The fourth-order valence-corrected chi connectivity index (χ4v) is 3.29. The zero-order valence-electron chi connectivity index (χ0n) is 15.8. The lowest BCUT2D eigenvalue weighted by molar-refractivity contribution is -0.117. The first kappa shape index (κ1) is 19.9. The maximum atomic E-state index is 12.9. The monoisotopic (exact) mass is 399 g/mol. The molecule has 1 aliphatic rings. The number of nitrogens with zero attached hydrogens (tertiary/aromatic N) is 1. The average molecular weight is 400 g/mol. The van der Waals surface area contributed by atoms with Crippen LogP contribution < -0.4 is 10.6 Å². The lowest BCUT2D eigenvalue weighted by atomic mass is 10.00. The number of likely N-dealkylation sites (N-methyl/N-ethyl adjacent to an activating group) is 1. The van der Waals surface area contributed by atoms with Crippen molar-refractivity contribution in [1.82, 2.24) is 4.90 Å². The van der Waals surface area contributed by atoms with Crippen LogP contribution in [0.5, 0.6) is 0 Å². The lowest BCUT2D eigenvalue weighted by Crippen LogP contribution is -2.38. The highest BCUT2D eigenvalue weighted by Crippen LogP contribution is 2.24. The van der Waals surface area contributed by atoms with E-state index in [-0.39, 0.29) is 24.3 Å². The molecule has 2 aromatic carbocycles. The number of anilines is 2. The van der Waals surface area contributed by atoms with Crippen LogP contribution in [0.4, 0.5) is 11.4 Å². The quantitative estimate of drug-likeness (QED) is 0.805. The smallest absolute Gasteiger partial charge is 0.254 e. The topological polar surface area (TPSA) is 78.5 Å². The third-order valence-corrected chi connectivity index (χ3v) is 4.96. The second kappa shape index (κ2) is 8.44. The highest BCUT2D eigenvalue weighted by Gasteiger charge is 2.21. The van der Waals surface area contributed by atoms with Crippen molar-refractivity contribution in [1.29, 1.82) is 0 Å². The molecule has 7 heteroatoms. The fraction of sp³-hybridized carbons (Fsp3) is 0.286. The van der Waals surface area contributed by atoms with Crippen molar-refractivity contribution >= 4 is 40.7 Å². The van der Waals surface area contributed by atoms with E-state index < -0.39 is 0 Å². The summed E-state index contributed by atoms with van der Waals surface area (Å²) in [7, 11) is 0. The Bertz CT molecular complexity index is 942. The minimum Gasteiger partial charge on any atom is -0.330 e. The molecule has 3 amide bonds. The van der Waals surface area contributed by atoms with Gasteiger partial charge in [-0.1, -0.05) is 17.7 Å². The van der Waals surface area contributed by atoms with Crippen molar-refractivity contribution in [2.24, 2.45) is 0 Å². The first-order valence-corrected chi connectivity index (χ1v) is 9.53. The molecule has 0 atom stereocenters. The Labute approximate surface area is 168 Å². The maximum Gasteiger partial charge on any atom is 0.254 e. The van der Waals surface area contributed by atoms with E-state index in [0.29, 0.717) is 35.7 Å². The minimum atomic E-state index is -0.286. The largest absolute Gasteiger partial charge is 0.330 e. The van der Waals surface area contributed by atoms with E-state index in [1.165, 1.54) is 4.90 Å². The van der Waals surface area contributed by atoms with Gasteiger partial charge in [0.2, 0.25) is 11.8 Å². The number of benzene rings is 2. The third kappa shape index (κ3) is 4.51. The van der Waals surface area contributed by atoms with Gasteiger partial charge in [0, 0.05) is 34.9 Å². The van der Waals surface area contributed by atoms with E-state index in [1.807, 2.05) is 19.9 Å². The summed E-state index contributed by atoms with van der Waals surface area (Å²) in [6, 6.07) is 10.5. The van der Waals surface area contributed by atoms with Crippen molar-refractivity contribution in [2.75, 3.05) is 23.7 Å². The first-order chi connectivity index (χ1) is 13.4. The van der Waals surface area contributed by atoms with Gasteiger partial charge in [0.25, 0.3) is 5.91 Å². The van der Waals surface area contributed by atoms with Crippen molar-refractivity contribution < 1.29 is 14.4 Å². The Morgan fingerprint density at radius 2 is 1.96 bits per heavy atom. The van der Waals surface area contributed by atoms with Gasteiger partial charge in [0.15, 0.2) is 0 Å². The van der Waals surface area contributed by atoms with Crippen LogP contribution in [0.1, 0.15) is 34.8 Å². The third-order valence-electron chi connectivity index (χ3n) is 4.72. The summed E-state index contributed by atoms with van der Waals surface area (Å²) in [5.41, 5.74) is 3.70. The summed E-state index contributed by atoms with van der Waals surface area (Å²) in [5.74, 6) is -0.527. The van der Waals surface area contributed by atoms with Crippen LogP contribution in [-0.4, -0.2) is 35.7 Å². The van der Waals surface area contributed by atoms with Gasteiger partial charge >= 0.3 is 0 Å². The SMILES string of the molecule is CCN(CC(=O)Nc1cc(Cl)ccc1C)C(=O)c1ccc2c(c1)CCC(=O)N2. The Morgan fingerprint density at radius 3 is 2.71 bits per heavy atom. The predicted molar refractivity (Wildman–Crippen MR) is 110 cm³/mol. The summed E-state index contributed by atoms with van der Waals surface area (Å²) >= 11 is 5.99. The molecule has 0 fully saturated rings. The normalized spacial score (nSPS) is 12.8. The van der Waals surface area contributed by atoms with Crippen molar-refractivity contribution in [3.8, 4) is 0 Å². The number of nitrogens with one attached hydrogen (secondary N) is 2. The van der Waals surface area contributed by atoms with Crippen LogP contribution in [0.15, 0.2) is 36.4 Å². The van der Waals surface area contributed by atoms with Crippen LogP contribution in [-0.2, 0) is 16.0 Å².